The molecule has 2 aromatic carbocycles. The minimum absolute atomic E-state index is 0.0685. The molecule has 180 valence electrons. The number of benzene rings is 2. The maximum Gasteiger partial charge on any atom is 0.323 e. The molecular formula is C27H32FN3O3. The van der Waals surface area contributed by atoms with E-state index in [1.807, 2.05) is 30.0 Å². The van der Waals surface area contributed by atoms with Gasteiger partial charge in [-0.15, -0.1) is 0 Å². The van der Waals surface area contributed by atoms with Crippen molar-refractivity contribution < 1.29 is 18.7 Å². The highest BCUT2D eigenvalue weighted by atomic mass is 19.1. The summed E-state index contributed by atoms with van der Waals surface area (Å²) in [6.45, 7) is 6.93. The molecule has 7 heteroatoms. The molecule has 0 aromatic heterocycles. The van der Waals surface area contributed by atoms with E-state index in [0.717, 1.165) is 29.7 Å². The molecule has 0 aliphatic carbocycles. The summed E-state index contributed by atoms with van der Waals surface area (Å²) >= 11 is 0. The highest BCUT2D eigenvalue weighted by Crippen LogP contribution is 2.34. The number of aryl methyl sites for hydroxylation is 2. The summed E-state index contributed by atoms with van der Waals surface area (Å²) < 4.78 is 19.3. The van der Waals surface area contributed by atoms with Crippen LogP contribution in [0.4, 0.5) is 4.39 Å². The average Bonchev–Trinajstić information content (AvgIpc) is 3.27. The van der Waals surface area contributed by atoms with Gasteiger partial charge in [0.25, 0.3) is 5.91 Å². The summed E-state index contributed by atoms with van der Waals surface area (Å²) in [5.74, 6) is -0.829. The van der Waals surface area contributed by atoms with Crippen molar-refractivity contribution >= 4 is 17.6 Å². The molecule has 0 N–H and O–H groups in total. The fraction of sp³-hybridized carbons (Fsp3) is 0.444. The number of hydrogen-bond acceptors (Lipinski definition) is 5. The first kappa shape index (κ1) is 24.1. The van der Waals surface area contributed by atoms with Crippen molar-refractivity contribution in [2.75, 3.05) is 19.7 Å². The molecule has 2 aliphatic heterocycles. The highest BCUT2D eigenvalue weighted by molar-refractivity contribution is 6.03. The van der Waals surface area contributed by atoms with Gasteiger partial charge in [-0.05, 0) is 80.6 Å². The van der Waals surface area contributed by atoms with E-state index in [-0.39, 0.29) is 24.2 Å². The van der Waals surface area contributed by atoms with Crippen LogP contribution in [0.1, 0.15) is 60.9 Å². The number of carbonyl (C=O) groups is 2. The number of halogens is 1. The van der Waals surface area contributed by atoms with Crippen LogP contribution < -0.4 is 0 Å². The van der Waals surface area contributed by atoms with Crippen LogP contribution in [0.3, 0.4) is 0 Å². The van der Waals surface area contributed by atoms with E-state index in [0.29, 0.717) is 31.6 Å². The second kappa shape index (κ2) is 10.5. The molecule has 0 unspecified atom stereocenters. The van der Waals surface area contributed by atoms with Crippen molar-refractivity contribution in [1.82, 2.24) is 9.91 Å². The number of carbonyl (C=O) groups excluding carboxylic acids is 2. The third-order valence-electron chi connectivity index (χ3n) is 6.75. The van der Waals surface area contributed by atoms with E-state index in [9.17, 15) is 14.0 Å². The maximum atomic E-state index is 14.1. The van der Waals surface area contributed by atoms with Gasteiger partial charge < -0.3 is 4.74 Å². The Kier molecular flexibility index (Phi) is 7.41. The van der Waals surface area contributed by atoms with Gasteiger partial charge in [0.1, 0.15) is 11.9 Å². The van der Waals surface area contributed by atoms with Crippen molar-refractivity contribution in [3.05, 3.63) is 70.5 Å². The minimum Gasteiger partial charge on any atom is -0.465 e. The van der Waals surface area contributed by atoms with Crippen molar-refractivity contribution in [1.29, 1.82) is 0 Å². The monoisotopic (exact) mass is 465 g/mol. The molecule has 2 aliphatic rings. The second-order valence-corrected chi connectivity index (χ2v) is 9.09. The van der Waals surface area contributed by atoms with Crippen molar-refractivity contribution in [2.24, 2.45) is 5.10 Å². The van der Waals surface area contributed by atoms with Crippen LogP contribution in [-0.2, 0) is 14.3 Å². The number of ether oxygens (including phenoxy) is 1. The van der Waals surface area contributed by atoms with E-state index in [1.165, 1.54) is 22.7 Å². The van der Waals surface area contributed by atoms with Gasteiger partial charge in [-0.2, -0.15) is 5.10 Å². The Balaban J connectivity index is 1.61. The van der Waals surface area contributed by atoms with Crippen LogP contribution >= 0.6 is 0 Å². The van der Waals surface area contributed by atoms with Crippen LogP contribution in [-0.4, -0.2) is 53.2 Å². The van der Waals surface area contributed by atoms with Crippen molar-refractivity contribution in [2.45, 2.75) is 58.5 Å². The predicted molar refractivity (Wildman–Crippen MR) is 129 cm³/mol. The van der Waals surface area contributed by atoms with Gasteiger partial charge in [0, 0.05) is 6.42 Å². The standard InChI is InChI=1S/C27H32FN3O3/c1-4-34-27(33)24-10-5-6-13-30(24)17-26(32)31-25(21-8-7-9-22(28)15-21)16-23(29-31)20-12-11-18(2)19(3)14-20/h7-9,11-12,14-15,24-25H,4-6,10,13,16-17H2,1-3H3/t24-,25+/m1/s1. The minimum atomic E-state index is -0.420. The molecule has 2 heterocycles. The number of amides is 1. The van der Waals surface area contributed by atoms with Gasteiger partial charge in [0.15, 0.2) is 0 Å². The first-order chi connectivity index (χ1) is 16.4. The molecule has 2 aromatic rings. The molecule has 1 fully saturated rings. The molecule has 2 atom stereocenters. The largest absolute Gasteiger partial charge is 0.465 e. The fourth-order valence-electron chi connectivity index (χ4n) is 4.74. The SMILES string of the molecule is CCOC(=O)[C@H]1CCCCN1CC(=O)N1N=C(c2ccc(C)c(C)c2)C[C@H]1c1cccc(F)c1. The molecule has 0 spiro atoms. The van der Waals surface area contributed by atoms with Gasteiger partial charge in [-0.25, -0.2) is 9.40 Å². The zero-order chi connectivity index (χ0) is 24.2. The van der Waals surface area contributed by atoms with Gasteiger partial charge in [-0.1, -0.05) is 30.7 Å². The lowest BCUT2D eigenvalue weighted by Crippen LogP contribution is -2.49. The lowest BCUT2D eigenvalue weighted by molar-refractivity contribution is -0.152. The molecular weight excluding hydrogens is 433 g/mol. The summed E-state index contributed by atoms with van der Waals surface area (Å²) in [5.41, 5.74) is 4.80. The van der Waals surface area contributed by atoms with E-state index < -0.39 is 12.1 Å². The van der Waals surface area contributed by atoms with Crippen LogP contribution in [0.25, 0.3) is 0 Å². The third kappa shape index (κ3) is 5.20. The Labute approximate surface area is 200 Å². The molecule has 1 amide bonds. The Bertz CT molecular complexity index is 1100. The molecule has 0 bridgehead atoms. The summed E-state index contributed by atoms with van der Waals surface area (Å²) in [6.07, 6.45) is 3.03. The van der Waals surface area contributed by atoms with E-state index in [4.69, 9.17) is 9.84 Å². The quantitative estimate of drug-likeness (QED) is 0.588. The topological polar surface area (TPSA) is 62.2 Å². The van der Waals surface area contributed by atoms with Crippen molar-refractivity contribution in [3.63, 3.8) is 0 Å². The highest BCUT2D eigenvalue weighted by Gasteiger charge is 2.37. The zero-order valence-corrected chi connectivity index (χ0v) is 20.1. The second-order valence-electron chi connectivity index (χ2n) is 9.09. The molecule has 6 nitrogen and oxygen atoms in total. The number of likely N-dealkylation sites (tertiary alicyclic amines) is 1. The van der Waals surface area contributed by atoms with Crippen LogP contribution in [0.15, 0.2) is 47.6 Å². The van der Waals surface area contributed by atoms with Gasteiger partial charge in [0.05, 0.1) is 24.9 Å². The molecule has 34 heavy (non-hydrogen) atoms. The van der Waals surface area contributed by atoms with Gasteiger partial charge in [0.2, 0.25) is 0 Å². The number of hydrogen-bond donors (Lipinski definition) is 0. The maximum absolute atomic E-state index is 14.1. The van der Waals surface area contributed by atoms with Crippen molar-refractivity contribution in [3.8, 4) is 0 Å². The number of nitrogens with zero attached hydrogens (tertiary/aromatic N) is 3. The molecule has 0 saturated carbocycles. The van der Waals surface area contributed by atoms with E-state index in [1.54, 1.807) is 13.0 Å². The lowest BCUT2D eigenvalue weighted by Gasteiger charge is -2.34. The first-order valence-electron chi connectivity index (χ1n) is 12.0. The molecule has 4 rings (SSSR count). The Morgan fingerprint density at radius 1 is 1.12 bits per heavy atom. The summed E-state index contributed by atoms with van der Waals surface area (Å²) in [6, 6.07) is 11.7. The fourth-order valence-corrected chi connectivity index (χ4v) is 4.74. The number of rotatable bonds is 6. The van der Waals surface area contributed by atoms with E-state index >= 15 is 0 Å². The summed E-state index contributed by atoms with van der Waals surface area (Å²) in [7, 11) is 0. The van der Waals surface area contributed by atoms with Crippen LogP contribution in [0, 0.1) is 19.7 Å². The van der Waals surface area contributed by atoms with Gasteiger partial charge in [-0.3, -0.25) is 14.5 Å². The Morgan fingerprint density at radius 2 is 1.94 bits per heavy atom. The van der Waals surface area contributed by atoms with Gasteiger partial charge >= 0.3 is 5.97 Å². The smallest absolute Gasteiger partial charge is 0.323 e. The summed E-state index contributed by atoms with van der Waals surface area (Å²) in [4.78, 5) is 27.9. The van der Waals surface area contributed by atoms with Crippen LogP contribution in [0.2, 0.25) is 0 Å². The Hall–Kier alpha value is -3.06. The van der Waals surface area contributed by atoms with Crippen LogP contribution in [0.5, 0.6) is 0 Å². The lowest BCUT2D eigenvalue weighted by atomic mass is 9.96. The predicted octanol–water partition coefficient (Wildman–Crippen LogP) is 4.54. The summed E-state index contributed by atoms with van der Waals surface area (Å²) in [5, 5.41) is 6.21. The third-order valence-corrected chi connectivity index (χ3v) is 6.75. The zero-order valence-electron chi connectivity index (χ0n) is 20.1. The first-order valence-corrected chi connectivity index (χ1v) is 12.0. The number of piperidine rings is 1. The Morgan fingerprint density at radius 3 is 2.68 bits per heavy atom. The number of esters is 1. The number of hydrazone groups is 1. The molecule has 1 saturated heterocycles. The average molecular weight is 466 g/mol. The van der Waals surface area contributed by atoms with E-state index in [2.05, 4.69) is 13.0 Å². The normalized spacial score (nSPS) is 20.8. The molecule has 0 radical (unpaired) electrons.